The maximum absolute atomic E-state index is 14.7. The summed E-state index contributed by atoms with van der Waals surface area (Å²) in [6.07, 6.45) is -5.69. The predicted octanol–water partition coefficient (Wildman–Crippen LogP) is 6.03. The molecule has 14 heteroatoms. The SMILES string of the molecule is CNC(=O)c1cc(OCF)c(NCC#Cc2sc3c(NC4CCN(C)CC4(F)F)cccc3c2CC(F)(F)F)cc1F. The van der Waals surface area contributed by atoms with Crippen LogP contribution in [0.3, 0.4) is 0 Å². The first-order chi connectivity index (χ1) is 19.8. The molecule has 0 radical (unpaired) electrons. The number of halogens is 7. The highest BCUT2D eigenvalue weighted by molar-refractivity contribution is 7.20. The van der Waals surface area contributed by atoms with Crippen molar-refractivity contribution in [1.29, 1.82) is 0 Å². The van der Waals surface area contributed by atoms with Crippen LogP contribution in [0.2, 0.25) is 0 Å². The van der Waals surface area contributed by atoms with Gasteiger partial charge < -0.3 is 25.6 Å². The molecule has 3 aromatic rings. The number of rotatable bonds is 8. The molecule has 0 saturated carbocycles. The highest BCUT2D eigenvalue weighted by atomic mass is 32.1. The first kappa shape index (κ1) is 31.2. The van der Waals surface area contributed by atoms with Gasteiger partial charge >= 0.3 is 6.18 Å². The zero-order valence-corrected chi connectivity index (χ0v) is 23.3. The predicted molar refractivity (Wildman–Crippen MR) is 148 cm³/mol. The number of anilines is 2. The lowest BCUT2D eigenvalue weighted by molar-refractivity contribution is -0.127. The summed E-state index contributed by atoms with van der Waals surface area (Å²) >= 11 is 0.950. The Morgan fingerprint density at radius 2 is 2.00 bits per heavy atom. The van der Waals surface area contributed by atoms with Gasteiger partial charge in [-0.3, -0.25) is 4.79 Å². The first-order valence-corrected chi connectivity index (χ1v) is 13.6. The Balaban J connectivity index is 1.63. The Kier molecular flexibility index (Phi) is 9.42. The average molecular weight is 617 g/mol. The number of carbonyl (C=O) groups is 1. The Morgan fingerprint density at radius 3 is 2.67 bits per heavy atom. The second kappa shape index (κ2) is 12.7. The van der Waals surface area contributed by atoms with Gasteiger partial charge in [0.25, 0.3) is 11.8 Å². The van der Waals surface area contributed by atoms with Gasteiger partial charge in [0.15, 0.2) is 0 Å². The average Bonchev–Trinajstić information content (AvgIpc) is 3.25. The number of piperidine rings is 1. The minimum absolute atomic E-state index is 0.0236. The highest BCUT2D eigenvalue weighted by Crippen LogP contribution is 2.40. The molecule has 0 spiro atoms. The van der Waals surface area contributed by atoms with Crippen LogP contribution in [0.4, 0.5) is 42.1 Å². The Morgan fingerprint density at radius 1 is 1.24 bits per heavy atom. The Hall–Kier alpha value is -3.70. The van der Waals surface area contributed by atoms with E-state index in [4.69, 9.17) is 4.74 Å². The summed E-state index contributed by atoms with van der Waals surface area (Å²) in [5.41, 5.74) is -0.191. The fourth-order valence-electron chi connectivity index (χ4n) is 4.68. The number of ether oxygens (including phenoxy) is 1. The number of benzene rings is 2. The smallest absolute Gasteiger partial charge is 0.393 e. The van der Waals surface area contributed by atoms with Gasteiger partial charge in [-0.2, -0.15) is 13.2 Å². The number of hydrogen-bond acceptors (Lipinski definition) is 6. The molecule has 2 aromatic carbocycles. The van der Waals surface area contributed by atoms with Crippen LogP contribution in [0.25, 0.3) is 10.1 Å². The normalized spacial score (nSPS) is 16.9. The van der Waals surface area contributed by atoms with Crippen molar-refractivity contribution in [1.82, 2.24) is 10.2 Å². The second-order valence-electron chi connectivity index (χ2n) is 9.68. The van der Waals surface area contributed by atoms with Gasteiger partial charge in [-0.05, 0) is 36.6 Å². The van der Waals surface area contributed by atoms with Crippen molar-refractivity contribution in [2.45, 2.75) is 31.0 Å². The lowest BCUT2D eigenvalue weighted by Gasteiger charge is -2.37. The van der Waals surface area contributed by atoms with E-state index in [0.717, 1.165) is 23.5 Å². The number of alkyl halides is 6. The van der Waals surface area contributed by atoms with Gasteiger partial charge in [0, 0.05) is 19.7 Å². The van der Waals surface area contributed by atoms with Gasteiger partial charge in [0.2, 0.25) is 6.86 Å². The molecule has 1 atom stereocenters. The van der Waals surface area contributed by atoms with Crippen LogP contribution in [0.1, 0.15) is 27.2 Å². The summed E-state index contributed by atoms with van der Waals surface area (Å²) in [6.45, 7) is -1.46. The van der Waals surface area contributed by atoms with Gasteiger partial charge in [-0.25, -0.2) is 17.6 Å². The molecule has 1 amide bonds. The van der Waals surface area contributed by atoms with Crippen LogP contribution in [-0.4, -0.2) is 69.5 Å². The number of nitrogens with one attached hydrogen (secondary N) is 3. The third-order valence-corrected chi connectivity index (χ3v) is 7.83. The lowest BCUT2D eigenvalue weighted by atomic mass is 10.0. The Bertz CT molecular complexity index is 1510. The summed E-state index contributed by atoms with van der Waals surface area (Å²) in [7, 11) is 2.89. The number of nitrogens with zero attached hydrogens (tertiary/aromatic N) is 1. The van der Waals surface area contributed by atoms with Crippen LogP contribution >= 0.6 is 11.3 Å². The van der Waals surface area contributed by atoms with Gasteiger partial charge in [-0.15, -0.1) is 11.3 Å². The third kappa shape index (κ3) is 7.19. The topological polar surface area (TPSA) is 65.6 Å². The molecule has 1 fully saturated rings. The number of amides is 1. The molecule has 1 saturated heterocycles. The van der Waals surface area contributed by atoms with Crippen molar-refractivity contribution in [3.63, 3.8) is 0 Å². The first-order valence-electron chi connectivity index (χ1n) is 12.7. The molecule has 6 nitrogen and oxygen atoms in total. The van der Waals surface area contributed by atoms with Gasteiger partial charge in [0.05, 0.1) is 52.1 Å². The summed E-state index contributed by atoms with van der Waals surface area (Å²) in [5, 5.41) is 8.07. The third-order valence-electron chi connectivity index (χ3n) is 6.64. The molecule has 1 aliphatic heterocycles. The largest absolute Gasteiger partial charge is 0.461 e. The van der Waals surface area contributed by atoms with E-state index >= 15 is 0 Å². The van der Waals surface area contributed by atoms with E-state index in [1.54, 1.807) is 13.1 Å². The minimum Gasteiger partial charge on any atom is -0.461 e. The van der Waals surface area contributed by atoms with E-state index in [-0.39, 0.29) is 45.8 Å². The minimum atomic E-state index is -4.56. The van der Waals surface area contributed by atoms with Crippen molar-refractivity contribution in [3.8, 4) is 17.6 Å². The quantitative estimate of drug-likeness (QED) is 0.213. The van der Waals surface area contributed by atoms with Crippen molar-refractivity contribution in [2.75, 3.05) is 51.2 Å². The van der Waals surface area contributed by atoms with Crippen LogP contribution < -0.4 is 20.7 Å². The summed E-state index contributed by atoms with van der Waals surface area (Å²) in [6, 6.07) is 5.29. The molecule has 1 unspecified atom stereocenters. The van der Waals surface area contributed by atoms with Crippen molar-refractivity contribution in [3.05, 3.63) is 52.2 Å². The van der Waals surface area contributed by atoms with E-state index in [0.29, 0.717) is 16.9 Å². The molecule has 42 heavy (non-hydrogen) atoms. The highest BCUT2D eigenvalue weighted by Gasteiger charge is 2.44. The summed E-state index contributed by atoms with van der Waals surface area (Å²) in [5.74, 6) is 0.507. The molecule has 3 N–H and O–H groups in total. The zero-order chi connectivity index (χ0) is 30.7. The number of thiophene rings is 1. The van der Waals surface area contributed by atoms with E-state index in [1.807, 2.05) is 0 Å². The molecule has 4 rings (SSSR count). The molecule has 226 valence electrons. The van der Waals surface area contributed by atoms with Crippen molar-refractivity contribution < 1.29 is 40.3 Å². The van der Waals surface area contributed by atoms with Crippen LogP contribution in [-0.2, 0) is 6.42 Å². The van der Waals surface area contributed by atoms with Crippen LogP contribution in [0.5, 0.6) is 5.75 Å². The standard InChI is InChI=1S/C28H27F7N4O2S/c1-36-26(40)17-11-22(41-15-29)21(12-19(17)30)37-9-4-7-23-18(13-28(33,34)35)16-5-3-6-20(25(16)42-23)38-24-8-10-39(2)14-27(24,31)32/h3,5-6,11-12,24,37-38H,8-10,13-15H2,1-2H3,(H,36,40). The molecular weight excluding hydrogens is 589 g/mol. The van der Waals surface area contributed by atoms with Crippen molar-refractivity contribution >= 4 is 38.7 Å². The molecule has 1 aromatic heterocycles. The van der Waals surface area contributed by atoms with E-state index in [1.165, 1.54) is 24.1 Å². The molecule has 2 heterocycles. The second-order valence-corrected chi connectivity index (χ2v) is 10.7. The van der Waals surface area contributed by atoms with E-state index < -0.39 is 49.7 Å². The zero-order valence-electron chi connectivity index (χ0n) is 22.5. The van der Waals surface area contributed by atoms with Gasteiger partial charge in [-0.1, -0.05) is 24.0 Å². The monoisotopic (exact) mass is 616 g/mol. The molecular formula is C28H27F7N4O2S. The fourth-order valence-corrected chi connectivity index (χ4v) is 5.85. The lowest BCUT2D eigenvalue weighted by Crippen LogP contribution is -2.53. The maximum Gasteiger partial charge on any atom is 0.393 e. The van der Waals surface area contributed by atoms with Crippen molar-refractivity contribution in [2.24, 2.45) is 0 Å². The van der Waals surface area contributed by atoms with E-state index in [9.17, 15) is 35.5 Å². The van der Waals surface area contributed by atoms with Gasteiger partial charge in [0.1, 0.15) is 11.6 Å². The Labute approximate surface area is 241 Å². The fraction of sp³-hybridized carbons (Fsp3) is 0.393. The summed E-state index contributed by atoms with van der Waals surface area (Å²) < 4.78 is 103. The van der Waals surface area contributed by atoms with Crippen LogP contribution in [0, 0.1) is 17.7 Å². The molecule has 0 aliphatic carbocycles. The number of hydrogen-bond donors (Lipinski definition) is 3. The number of carbonyl (C=O) groups excluding carboxylic acids is 1. The molecule has 0 bridgehead atoms. The van der Waals surface area contributed by atoms with Crippen LogP contribution in [0.15, 0.2) is 30.3 Å². The number of likely N-dealkylation sites (tertiary alicyclic amines) is 1. The maximum atomic E-state index is 14.7. The number of fused-ring (bicyclic) bond motifs is 1. The summed E-state index contributed by atoms with van der Waals surface area (Å²) in [4.78, 5) is 13.4. The van der Waals surface area contributed by atoms with E-state index in [2.05, 4.69) is 27.8 Å². The molecule has 1 aliphatic rings.